The van der Waals surface area contributed by atoms with E-state index in [9.17, 15) is 4.79 Å². The summed E-state index contributed by atoms with van der Waals surface area (Å²) in [4.78, 5) is 19.9. The first kappa shape index (κ1) is 17.7. The Bertz CT molecular complexity index is 651. The van der Waals surface area contributed by atoms with Gasteiger partial charge in [-0.15, -0.1) is 0 Å². The standard InChI is InChI=1S/C18H22N2O4/c1-4-5-10-22-17(21)12-23-15-6-8-16(9-7-15)24-18-19-13(2)11-14(3)20-18/h6-9,11H,4-5,10,12H2,1-3H3. The van der Waals surface area contributed by atoms with E-state index >= 15 is 0 Å². The largest absolute Gasteiger partial charge is 0.482 e. The van der Waals surface area contributed by atoms with Crippen molar-refractivity contribution >= 4 is 5.97 Å². The number of hydrogen-bond donors (Lipinski definition) is 0. The van der Waals surface area contributed by atoms with Crippen LogP contribution in [0.2, 0.25) is 0 Å². The van der Waals surface area contributed by atoms with Gasteiger partial charge in [0.05, 0.1) is 6.61 Å². The number of rotatable bonds is 8. The van der Waals surface area contributed by atoms with Crippen LogP contribution in [0.15, 0.2) is 30.3 Å². The smallest absolute Gasteiger partial charge is 0.344 e. The van der Waals surface area contributed by atoms with E-state index in [0.29, 0.717) is 24.1 Å². The number of carbonyl (C=O) groups excluding carboxylic acids is 1. The van der Waals surface area contributed by atoms with Gasteiger partial charge in [-0.3, -0.25) is 0 Å². The minimum atomic E-state index is -0.368. The Balaban J connectivity index is 1.85. The van der Waals surface area contributed by atoms with E-state index in [0.717, 1.165) is 24.2 Å². The van der Waals surface area contributed by atoms with Gasteiger partial charge in [0.15, 0.2) is 6.61 Å². The van der Waals surface area contributed by atoms with E-state index in [2.05, 4.69) is 9.97 Å². The molecule has 0 saturated heterocycles. The highest BCUT2D eigenvalue weighted by atomic mass is 16.6. The van der Waals surface area contributed by atoms with Gasteiger partial charge in [-0.2, -0.15) is 0 Å². The normalized spacial score (nSPS) is 10.3. The van der Waals surface area contributed by atoms with Gasteiger partial charge in [0, 0.05) is 11.4 Å². The van der Waals surface area contributed by atoms with Crippen molar-refractivity contribution in [2.24, 2.45) is 0 Å². The summed E-state index contributed by atoms with van der Waals surface area (Å²) in [6.45, 7) is 6.14. The van der Waals surface area contributed by atoms with Crippen LogP contribution in [0.1, 0.15) is 31.2 Å². The van der Waals surface area contributed by atoms with Crippen molar-refractivity contribution in [2.75, 3.05) is 13.2 Å². The number of unbranched alkanes of at least 4 members (excludes halogenated alkanes) is 1. The first-order chi connectivity index (χ1) is 11.6. The predicted octanol–water partition coefficient (Wildman–Crippen LogP) is 3.61. The van der Waals surface area contributed by atoms with Crippen molar-refractivity contribution in [1.29, 1.82) is 0 Å². The van der Waals surface area contributed by atoms with Gasteiger partial charge >= 0.3 is 12.0 Å². The number of esters is 1. The molecule has 2 rings (SSSR count). The molecule has 2 aromatic rings. The van der Waals surface area contributed by atoms with E-state index in [4.69, 9.17) is 14.2 Å². The van der Waals surface area contributed by atoms with Crippen molar-refractivity contribution in [3.63, 3.8) is 0 Å². The molecule has 0 aliphatic carbocycles. The number of hydrogen-bond acceptors (Lipinski definition) is 6. The van der Waals surface area contributed by atoms with Gasteiger partial charge in [0.25, 0.3) is 0 Å². The minimum Gasteiger partial charge on any atom is -0.482 e. The third-order valence-corrected chi connectivity index (χ3v) is 3.11. The highest BCUT2D eigenvalue weighted by molar-refractivity contribution is 5.71. The molecule has 128 valence electrons. The highest BCUT2D eigenvalue weighted by Gasteiger charge is 2.06. The second kappa shape index (κ2) is 8.86. The van der Waals surface area contributed by atoms with Crippen molar-refractivity contribution in [3.05, 3.63) is 41.7 Å². The molecule has 0 radical (unpaired) electrons. The maximum absolute atomic E-state index is 11.5. The molecule has 1 heterocycles. The summed E-state index contributed by atoms with van der Waals surface area (Å²) >= 11 is 0. The van der Waals surface area contributed by atoms with Crippen molar-refractivity contribution in [2.45, 2.75) is 33.6 Å². The topological polar surface area (TPSA) is 70.5 Å². The molecule has 0 N–H and O–H groups in total. The van der Waals surface area contributed by atoms with Crippen molar-refractivity contribution in [1.82, 2.24) is 9.97 Å². The highest BCUT2D eigenvalue weighted by Crippen LogP contribution is 2.22. The molecule has 0 amide bonds. The summed E-state index contributed by atoms with van der Waals surface area (Å²) in [5.41, 5.74) is 1.69. The third kappa shape index (κ3) is 5.87. The van der Waals surface area contributed by atoms with Gasteiger partial charge in [-0.1, -0.05) is 13.3 Å². The van der Waals surface area contributed by atoms with E-state index in [1.807, 2.05) is 26.8 Å². The zero-order valence-corrected chi connectivity index (χ0v) is 14.2. The molecular formula is C18H22N2O4. The average Bonchev–Trinajstić information content (AvgIpc) is 2.53. The van der Waals surface area contributed by atoms with Crippen LogP contribution in [-0.4, -0.2) is 29.2 Å². The summed E-state index contributed by atoms with van der Waals surface area (Å²) in [6.07, 6.45) is 1.85. The van der Waals surface area contributed by atoms with Crippen LogP contribution in [0.25, 0.3) is 0 Å². The van der Waals surface area contributed by atoms with Crippen LogP contribution in [0.5, 0.6) is 17.5 Å². The fourth-order valence-corrected chi connectivity index (χ4v) is 1.96. The number of ether oxygens (including phenoxy) is 3. The van der Waals surface area contributed by atoms with Gasteiger partial charge in [0.1, 0.15) is 11.5 Å². The molecule has 6 heteroatoms. The second-order valence-corrected chi connectivity index (χ2v) is 5.37. The molecule has 1 aromatic carbocycles. The zero-order chi connectivity index (χ0) is 17.4. The van der Waals surface area contributed by atoms with Crippen LogP contribution in [-0.2, 0) is 9.53 Å². The monoisotopic (exact) mass is 330 g/mol. The number of aromatic nitrogens is 2. The molecule has 0 fully saturated rings. The Morgan fingerprint density at radius 1 is 1.04 bits per heavy atom. The van der Waals surface area contributed by atoms with E-state index in [-0.39, 0.29) is 12.6 Å². The third-order valence-electron chi connectivity index (χ3n) is 3.11. The number of aryl methyl sites for hydroxylation is 2. The van der Waals surface area contributed by atoms with Gasteiger partial charge in [0.2, 0.25) is 0 Å². The second-order valence-electron chi connectivity index (χ2n) is 5.37. The number of nitrogens with zero attached hydrogens (tertiary/aromatic N) is 2. The Morgan fingerprint density at radius 3 is 2.29 bits per heavy atom. The summed E-state index contributed by atoms with van der Waals surface area (Å²) < 4.78 is 16.0. The lowest BCUT2D eigenvalue weighted by Gasteiger charge is -2.08. The van der Waals surface area contributed by atoms with Crippen LogP contribution >= 0.6 is 0 Å². The summed E-state index contributed by atoms with van der Waals surface area (Å²) in [6, 6.07) is 9.09. The van der Waals surface area contributed by atoms with Crippen LogP contribution < -0.4 is 9.47 Å². The van der Waals surface area contributed by atoms with E-state index < -0.39 is 0 Å². The average molecular weight is 330 g/mol. The molecule has 0 bridgehead atoms. The molecular weight excluding hydrogens is 308 g/mol. The number of carbonyl (C=O) groups is 1. The molecule has 0 saturated carbocycles. The molecule has 6 nitrogen and oxygen atoms in total. The van der Waals surface area contributed by atoms with Crippen molar-refractivity contribution in [3.8, 4) is 17.5 Å². The minimum absolute atomic E-state index is 0.107. The molecule has 0 unspecified atom stereocenters. The van der Waals surface area contributed by atoms with Gasteiger partial charge in [-0.25, -0.2) is 14.8 Å². The molecule has 24 heavy (non-hydrogen) atoms. The SMILES string of the molecule is CCCCOC(=O)COc1ccc(Oc2nc(C)cc(C)n2)cc1. The Morgan fingerprint density at radius 2 is 1.67 bits per heavy atom. The van der Waals surface area contributed by atoms with Crippen LogP contribution in [0.3, 0.4) is 0 Å². The molecule has 0 atom stereocenters. The first-order valence-electron chi connectivity index (χ1n) is 7.95. The van der Waals surface area contributed by atoms with Crippen LogP contribution in [0, 0.1) is 13.8 Å². The predicted molar refractivity (Wildman–Crippen MR) is 89.4 cm³/mol. The fourth-order valence-electron chi connectivity index (χ4n) is 1.96. The number of benzene rings is 1. The lowest BCUT2D eigenvalue weighted by atomic mass is 10.3. The molecule has 0 aliphatic rings. The van der Waals surface area contributed by atoms with Gasteiger partial charge in [-0.05, 0) is 50.6 Å². The maximum atomic E-state index is 11.5. The van der Waals surface area contributed by atoms with Gasteiger partial charge < -0.3 is 14.2 Å². The maximum Gasteiger partial charge on any atom is 0.344 e. The fraction of sp³-hybridized carbons (Fsp3) is 0.389. The molecule has 1 aromatic heterocycles. The Kier molecular flexibility index (Phi) is 6.54. The Labute approximate surface area is 141 Å². The lowest BCUT2D eigenvalue weighted by molar-refractivity contribution is -0.146. The Hall–Kier alpha value is -2.63. The first-order valence-corrected chi connectivity index (χ1v) is 7.95. The van der Waals surface area contributed by atoms with E-state index in [1.165, 1.54) is 0 Å². The van der Waals surface area contributed by atoms with Crippen LogP contribution in [0.4, 0.5) is 0 Å². The zero-order valence-electron chi connectivity index (χ0n) is 14.2. The lowest BCUT2D eigenvalue weighted by Crippen LogP contribution is -2.15. The molecule has 0 spiro atoms. The van der Waals surface area contributed by atoms with E-state index in [1.54, 1.807) is 24.3 Å². The quantitative estimate of drug-likeness (QED) is 0.544. The van der Waals surface area contributed by atoms with Crippen molar-refractivity contribution < 1.29 is 19.0 Å². The summed E-state index contributed by atoms with van der Waals surface area (Å²) in [5.74, 6) is 0.793. The summed E-state index contributed by atoms with van der Waals surface area (Å²) in [7, 11) is 0. The summed E-state index contributed by atoms with van der Waals surface area (Å²) in [5, 5.41) is 0. The molecule has 0 aliphatic heterocycles.